The maximum atomic E-state index is 14.8. The van der Waals surface area contributed by atoms with Gasteiger partial charge in [0.2, 0.25) is 0 Å². The van der Waals surface area contributed by atoms with Gasteiger partial charge in [-0.25, -0.2) is 14.2 Å². The molecule has 27 heavy (non-hydrogen) atoms. The van der Waals surface area contributed by atoms with Crippen LogP contribution in [0.15, 0.2) is 42.6 Å². The molecular weight excluding hydrogens is 351 g/mol. The standard InChI is InChI=1S/C20H21FN2O4/c1-14(12-26-13-15-6-3-2-4-7-15)27-19-18(21)17-11-23(20(24)25)9-5-8-16(17)10-22-19/h2-8,10,14H,9,11-13H2,1H3,(H,24,25)/t14-/m0/s1. The van der Waals surface area contributed by atoms with E-state index >= 15 is 0 Å². The molecule has 0 fully saturated rings. The van der Waals surface area contributed by atoms with Gasteiger partial charge in [-0.2, -0.15) is 0 Å². The number of rotatable bonds is 6. The fraction of sp³-hybridized carbons (Fsp3) is 0.300. The Hall–Kier alpha value is -2.93. The van der Waals surface area contributed by atoms with Crippen LogP contribution in [-0.4, -0.2) is 40.3 Å². The van der Waals surface area contributed by atoms with Gasteiger partial charge in [-0.3, -0.25) is 0 Å². The normalized spacial score (nSPS) is 14.4. The minimum Gasteiger partial charge on any atom is -0.470 e. The van der Waals surface area contributed by atoms with Crippen molar-refractivity contribution in [1.82, 2.24) is 9.88 Å². The van der Waals surface area contributed by atoms with Gasteiger partial charge in [0.1, 0.15) is 6.10 Å². The third kappa shape index (κ3) is 4.83. The summed E-state index contributed by atoms with van der Waals surface area (Å²) in [5.74, 6) is -0.787. The van der Waals surface area contributed by atoms with E-state index in [9.17, 15) is 14.3 Å². The third-order valence-electron chi connectivity index (χ3n) is 4.14. The summed E-state index contributed by atoms with van der Waals surface area (Å²) in [7, 11) is 0. The van der Waals surface area contributed by atoms with Crippen molar-refractivity contribution in [3.8, 4) is 5.88 Å². The van der Waals surface area contributed by atoms with Crippen LogP contribution in [0.4, 0.5) is 9.18 Å². The molecule has 0 bridgehead atoms. The highest BCUT2D eigenvalue weighted by Gasteiger charge is 2.22. The van der Waals surface area contributed by atoms with E-state index in [-0.39, 0.29) is 31.1 Å². The van der Waals surface area contributed by atoms with Crippen LogP contribution in [0.3, 0.4) is 0 Å². The van der Waals surface area contributed by atoms with Gasteiger partial charge in [-0.05, 0) is 12.5 Å². The second-order valence-electron chi connectivity index (χ2n) is 6.31. The largest absolute Gasteiger partial charge is 0.470 e. The number of benzene rings is 1. The summed E-state index contributed by atoms with van der Waals surface area (Å²) in [6.07, 6.45) is 3.32. The molecule has 6 nitrogen and oxygen atoms in total. The van der Waals surface area contributed by atoms with Crippen LogP contribution in [0.5, 0.6) is 5.88 Å². The van der Waals surface area contributed by atoms with Crippen LogP contribution < -0.4 is 4.74 Å². The zero-order valence-corrected chi connectivity index (χ0v) is 15.0. The lowest BCUT2D eigenvalue weighted by atomic mass is 10.1. The molecule has 0 aliphatic carbocycles. The summed E-state index contributed by atoms with van der Waals surface area (Å²) in [6.45, 7) is 2.62. The Morgan fingerprint density at radius 3 is 2.89 bits per heavy atom. The maximum absolute atomic E-state index is 14.8. The van der Waals surface area contributed by atoms with Gasteiger partial charge in [0, 0.05) is 23.9 Å². The monoisotopic (exact) mass is 372 g/mol. The maximum Gasteiger partial charge on any atom is 0.407 e. The van der Waals surface area contributed by atoms with E-state index in [4.69, 9.17) is 9.47 Å². The first-order chi connectivity index (χ1) is 13.0. The molecular formula is C20H21FN2O4. The van der Waals surface area contributed by atoms with Crippen molar-refractivity contribution in [2.24, 2.45) is 0 Å². The number of amides is 1. The van der Waals surface area contributed by atoms with Crippen molar-refractivity contribution in [2.45, 2.75) is 26.2 Å². The fourth-order valence-electron chi connectivity index (χ4n) is 2.75. The summed E-state index contributed by atoms with van der Waals surface area (Å²) in [6, 6.07) is 9.72. The molecule has 142 valence electrons. The predicted octanol–water partition coefficient (Wildman–Crippen LogP) is 3.71. The molecule has 7 heteroatoms. The van der Waals surface area contributed by atoms with Crippen molar-refractivity contribution in [3.05, 3.63) is 65.1 Å². The van der Waals surface area contributed by atoms with Crippen molar-refractivity contribution in [1.29, 1.82) is 0 Å². The highest BCUT2D eigenvalue weighted by atomic mass is 19.1. The smallest absolute Gasteiger partial charge is 0.407 e. The number of ether oxygens (including phenoxy) is 2. The molecule has 1 aromatic carbocycles. The number of hydrogen-bond donors (Lipinski definition) is 1. The van der Waals surface area contributed by atoms with Crippen LogP contribution in [-0.2, 0) is 17.9 Å². The Labute approximate surface area is 156 Å². The van der Waals surface area contributed by atoms with Gasteiger partial charge in [-0.1, -0.05) is 42.5 Å². The van der Waals surface area contributed by atoms with Gasteiger partial charge in [-0.15, -0.1) is 0 Å². The summed E-state index contributed by atoms with van der Waals surface area (Å²) >= 11 is 0. The number of halogens is 1. The molecule has 2 aromatic rings. The first-order valence-corrected chi connectivity index (χ1v) is 8.64. The van der Waals surface area contributed by atoms with Gasteiger partial charge in [0.25, 0.3) is 5.88 Å². The summed E-state index contributed by atoms with van der Waals surface area (Å²) < 4.78 is 26.0. The molecule has 0 radical (unpaired) electrons. The van der Waals surface area contributed by atoms with Gasteiger partial charge >= 0.3 is 6.09 Å². The van der Waals surface area contributed by atoms with E-state index in [0.29, 0.717) is 12.2 Å². The molecule has 1 aromatic heterocycles. The molecule has 0 saturated carbocycles. The number of hydrogen-bond acceptors (Lipinski definition) is 4. The van der Waals surface area contributed by atoms with Gasteiger partial charge < -0.3 is 19.5 Å². The lowest BCUT2D eigenvalue weighted by Crippen LogP contribution is -2.29. The molecule has 2 heterocycles. The van der Waals surface area contributed by atoms with Crippen LogP contribution in [0.1, 0.15) is 23.6 Å². The predicted molar refractivity (Wildman–Crippen MR) is 97.9 cm³/mol. The number of pyridine rings is 1. The summed E-state index contributed by atoms with van der Waals surface area (Å²) in [4.78, 5) is 16.4. The van der Waals surface area contributed by atoms with Crippen molar-refractivity contribution < 1.29 is 23.8 Å². The zero-order chi connectivity index (χ0) is 19.2. The molecule has 1 atom stereocenters. The molecule has 0 unspecified atom stereocenters. The highest BCUT2D eigenvalue weighted by molar-refractivity contribution is 5.67. The molecule has 1 amide bonds. The number of nitrogens with zero attached hydrogens (tertiary/aromatic N) is 2. The minimum absolute atomic E-state index is 0.0543. The summed E-state index contributed by atoms with van der Waals surface area (Å²) in [5, 5.41) is 9.19. The van der Waals surface area contributed by atoms with Crippen LogP contribution in [0.25, 0.3) is 6.08 Å². The van der Waals surface area contributed by atoms with Gasteiger partial charge in [0.15, 0.2) is 5.82 Å². The van der Waals surface area contributed by atoms with Crippen molar-refractivity contribution in [2.75, 3.05) is 13.2 Å². The van der Waals surface area contributed by atoms with Crippen LogP contribution in [0.2, 0.25) is 0 Å². The summed E-state index contributed by atoms with van der Waals surface area (Å²) in [5.41, 5.74) is 1.85. The Morgan fingerprint density at radius 2 is 2.15 bits per heavy atom. The number of fused-ring (bicyclic) bond motifs is 1. The van der Waals surface area contributed by atoms with E-state index in [1.165, 1.54) is 6.20 Å². The Balaban J connectivity index is 1.63. The SMILES string of the molecule is C[C@@H](COCc1ccccc1)Oc1ncc2c(c1F)CN(C(=O)O)CC=C2. The van der Waals surface area contributed by atoms with Crippen molar-refractivity contribution >= 4 is 12.2 Å². The lowest BCUT2D eigenvalue weighted by molar-refractivity contribution is 0.0452. The van der Waals surface area contributed by atoms with E-state index in [0.717, 1.165) is 10.5 Å². The van der Waals surface area contributed by atoms with Gasteiger partial charge in [0.05, 0.1) is 19.8 Å². The Kier molecular flexibility index (Phi) is 6.03. The van der Waals surface area contributed by atoms with Crippen LogP contribution in [0, 0.1) is 5.82 Å². The molecule has 1 aliphatic heterocycles. The second kappa shape index (κ2) is 8.64. The number of carbonyl (C=O) groups is 1. The minimum atomic E-state index is -1.10. The van der Waals surface area contributed by atoms with E-state index in [1.807, 2.05) is 30.3 Å². The van der Waals surface area contributed by atoms with E-state index in [2.05, 4.69) is 4.98 Å². The Bertz CT molecular complexity index is 826. The zero-order valence-electron chi connectivity index (χ0n) is 15.0. The average molecular weight is 372 g/mol. The molecule has 0 saturated heterocycles. The highest BCUT2D eigenvalue weighted by Crippen LogP contribution is 2.26. The average Bonchev–Trinajstić information content (AvgIpc) is 2.88. The first-order valence-electron chi connectivity index (χ1n) is 8.64. The van der Waals surface area contributed by atoms with E-state index in [1.54, 1.807) is 19.1 Å². The topological polar surface area (TPSA) is 71.9 Å². The molecule has 1 N–H and O–H groups in total. The first kappa shape index (κ1) is 18.8. The number of aromatic nitrogens is 1. The molecule has 1 aliphatic rings. The molecule has 0 spiro atoms. The fourth-order valence-corrected chi connectivity index (χ4v) is 2.75. The second-order valence-corrected chi connectivity index (χ2v) is 6.31. The van der Waals surface area contributed by atoms with E-state index < -0.39 is 18.0 Å². The molecule has 3 rings (SSSR count). The lowest BCUT2D eigenvalue weighted by Gasteiger charge is -2.19. The quantitative estimate of drug-likeness (QED) is 0.837. The van der Waals surface area contributed by atoms with Crippen molar-refractivity contribution in [3.63, 3.8) is 0 Å². The third-order valence-corrected chi connectivity index (χ3v) is 4.14. The van der Waals surface area contributed by atoms with Crippen LogP contribution >= 0.6 is 0 Å². The Morgan fingerprint density at radius 1 is 1.37 bits per heavy atom. The number of carboxylic acid groups (broad SMARTS) is 1.